The molecule has 0 radical (unpaired) electrons. The van der Waals surface area contributed by atoms with Gasteiger partial charge in [0.05, 0.1) is 12.8 Å². The third kappa shape index (κ3) is 3.84. The molecular weight excluding hydrogens is 440 g/mol. The van der Waals surface area contributed by atoms with Gasteiger partial charge in [0.1, 0.15) is 16.9 Å². The van der Waals surface area contributed by atoms with Gasteiger partial charge >= 0.3 is 0 Å². The molecule has 2 aromatic heterocycles. The zero-order valence-corrected chi connectivity index (χ0v) is 19.6. The summed E-state index contributed by atoms with van der Waals surface area (Å²) in [6.07, 6.45) is 6.89. The number of nitrogens with one attached hydrogen (secondary N) is 1. The highest BCUT2D eigenvalue weighted by Gasteiger charge is 2.49. The van der Waals surface area contributed by atoms with E-state index in [1.54, 1.807) is 47.0 Å². The van der Waals surface area contributed by atoms with Crippen LogP contribution < -0.4 is 10.2 Å². The summed E-state index contributed by atoms with van der Waals surface area (Å²) in [4.78, 5) is 29.1. The predicted octanol–water partition coefficient (Wildman–Crippen LogP) is 4.97. The van der Waals surface area contributed by atoms with Crippen LogP contribution >= 0.6 is 11.6 Å². The second kappa shape index (κ2) is 8.37. The monoisotopic (exact) mass is 466 g/mol. The van der Waals surface area contributed by atoms with Crippen LogP contribution in [0.3, 0.4) is 0 Å². The maximum atomic E-state index is 13.8. The molecule has 1 aromatic carbocycles. The maximum Gasteiger partial charge on any atom is 0.277 e. The summed E-state index contributed by atoms with van der Waals surface area (Å²) in [5, 5.41) is 8.36. The number of benzene rings is 1. The third-order valence-electron chi connectivity index (χ3n) is 6.77. The number of rotatable bonds is 4. The molecule has 7 nitrogen and oxygen atoms in total. The van der Waals surface area contributed by atoms with Crippen LogP contribution in [0.4, 0.5) is 5.69 Å². The predicted molar refractivity (Wildman–Crippen MR) is 126 cm³/mol. The van der Waals surface area contributed by atoms with Gasteiger partial charge in [-0.15, -0.1) is 0 Å². The highest BCUT2D eigenvalue weighted by atomic mass is 35.5. The van der Waals surface area contributed by atoms with Crippen molar-refractivity contribution in [1.29, 1.82) is 0 Å². The van der Waals surface area contributed by atoms with E-state index in [0.717, 1.165) is 31.2 Å². The number of carbonyl (C=O) groups is 2. The summed E-state index contributed by atoms with van der Waals surface area (Å²) in [7, 11) is 0. The number of nitrogens with zero attached hydrogens (tertiary/aromatic N) is 3. The van der Waals surface area contributed by atoms with E-state index in [0.29, 0.717) is 27.9 Å². The summed E-state index contributed by atoms with van der Waals surface area (Å²) in [6.45, 7) is 3.93. The number of furan rings is 1. The molecule has 3 heterocycles. The smallest absolute Gasteiger partial charge is 0.277 e. The van der Waals surface area contributed by atoms with Crippen molar-refractivity contribution >= 4 is 29.1 Å². The second-order valence-corrected chi connectivity index (χ2v) is 9.61. The first kappa shape index (κ1) is 21.8. The lowest BCUT2D eigenvalue weighted by Gasteiger charge is -2.44. The minimum absolute atomic E-state index is 0.124. The Morgan fingerprint density at radius 3 is 2.70 bits per heavy atom. The molecule has 0 unspecified atom stereocenters. The molecule has 2 aliphatic rings. The Bertz CT molecular complexity index is 1200. The summed E-state index contributed by atoms with van der Waals surface area (Å²) in [5.41, 5.74) is 1.28. The van der Waals surface area contributed by atoms with Crippen molar-refractivity contribution in [3.05, 3.63) is 58.9 Å². The minimum atomic E-state index is -1.17. The molecule has 3 aromatic rings. The van der Waals surface area contributed by atoms with Crippen LogP contribution in [0.5, 0.6) is 0 Å². The first-order valence-electron chi connectivity index (χ1n) is 11.4. The molecule has 1 aliphatic heterocycles. The van der Waals surface area contributed by atoms with Gasteiger partial charge in [0.15, 0.2) is 5.76 Å². The Morgan fingerprint density at radius 2 is 2.00 bits per heavy atom. The van der Waals surface area contributed by atoms with Gasteiger partial charge in [-0.25, -0.2) is 0 Å². The van der Waals surface area contributed by atoms with Crippen LogP contribution in [0, 0.1) is 6.92 Å². The number of aryl methyl sites for hydroxylation is 1. The van der Waals surface area contributed by atoms with E-state index in [2.05, 4.69) is 10.4 Å². The summed E-state index contributed by atoms with van der Waals surface area (Å²) in [5.74, 6) is 0.0934. The molecule has 1 atom stereocenters. The Morgan fingerprint density at radius 1 is 1.21 bits per heavy atom. The van der Waals surface area contributed by atoms with Crippen LogP contribution in [-0.2, 0) is 11.3 Å². The first-order chi connectivity index (χ1) is 15.9. The van der Waals surface area contributed by atoms with E-state index in [9.17, 15) is 9.59 Å². The number of halogens is 1. The van der Waals surface area contributed by atoms with E-state index in [4.69, 9.17) is 16.0 Å². The molecule has 0 spiro atoms. The Kier molecular flexibility index (Phi) is 5.52. The van der Waals surface area contributed by atoms with Gasteiger partial charge in [-0.05, 0) is 56.5 Å². The van der Waals surface area contributed by atoms with Crippen molar-refractivity contribution in [2.24, 2.45) is 0 Å². The van der Waals surface area contributed by atoms with Gasteiger partial charge in [-0.2, -0.15) is 5.10 Å². The Labute approximate surface area is 197 Å². The van der Waals surface area contributed by atoms with Crippen molar-refractivity contribution in [2.75, 3.05) is 4.90 Å². The fourth-order valence-corrected chi connectivity index (χ4v) is 5.01. The molecule has 2 amide bonds. The lowest BCUT2D eigenvalue weighted by molar-refractivity contribution is -0.127. The number of fused-ring (bicyclic) bond motifs is 1. The molecule has 172 valence electrons. The maximum absolute atomic E-state index is 13.8. The summed E-state index contributed by atoms with van der Waals surface area (Å²) >= 11 is 6.41. The van der Waals surface area contributed by atoms with Crippen LogP contribution in [0.2, 0.25) is 5.02 Å². The molecule has 1 saturated carbocycles. The van der Waals surface area contributed by atoms with Gasteiger partial charge in [0.2, 0.25) is 5.91 Å². The lowest BCUT2D eigenvalue weighted by Crippen LogP contribution is -2.65. The Balaban J connectivity index is 1.57. The van der Waals surface area contributed by atoms with E-state index >= 15 is 0 Å². The van der Waals surface area contributed by atoms with E-state index in [1.165, 1.54) is 6.42 Å². The van der Waals surface area contributed by atoms with Gasteiger partial charge in [-0.3, -0.25) is 19.2 Å². The molecule has 1 fully saturated rings. The summed E-state index contributed by atoms with van der Waals surface area (Å²) in [6, 6.07) is 10.9. The van der Waals surface area contributed by atoms with Crippen LogP contribution in [-0.4, -0.2) is 33.2 Å². The van der Waals surface area contributed by atoms with Crippen molar-refractivity contribution in [3.8, 4) is 11.5 Å². The van der Waals surface area contributed by atoms with Crippen molar-refractivity contribution in [1.82, 2.24) is 15.1 Å². The van der Waals surface area contributed by atoms with E-state index in [1.807, 2.05) is 19.1 Å². The van der Waals surface area contributed by atoms with Crippen LogP contribution in [0.15, 0.2) is 47.1 Å². The quantitative estimate of drug-likeness (QED) is 0.588. The zero-order chi connectivity index (χ0) is 23.2. The molecule has 1 N–H and O–H groups in total. The molecule has 0 bridgehead atoms. The van der Waals surface area contributed by atoms with Gasteiger partial charge in [-0.1, -0.05) is 36.9 Å². The van der Waals surface area contributed by atoms with Gasteiger partial charge in [0, 0.05) is 22.8 Å². The fourth-order valence-electron chi connectivity index (χ4n) is 4.84. The minimum Gasteiger partial charge on any atom is -0.463 e. The Hall–Kier alpha value is -3.06. The zero-order valence-electron chi connectivity index (χ0n) is 18.8. The van der Waals surface area contributed by atoms with Gasteiger partial charge < -0.3 is 9.73 Å². The largest absolute Gasteiger partial charge is 0.463 e. The van der Waals surface area contributed by atoms with Crippen molar-refractivity contribution in [3.63, 3.8) is 0 Å². The standard InChI is InChI=1S/C25H27ClN4O3/c1-16-10-11-18(13-19(16)26)30-23(31)21-14-20(22-9-6-12-33-22)28-29(21)15-25(30,2)24(32)27-17-7-4-3-5-8-17/h6,9-14,17H,3-5,7-8,15H2,1-2H3,(H,27,32)/t25-/m0/s1. The normalized spacial score (nSPS) is 21.2. The number of anilines is 1. The molecule has 0 saturated heterocycles. The third-order valence-corrected chi connectivity index (χ3v) is 7.18. The molecule has 33 heavy (non-hydrogen) atoms. The number of hydrogen-bond acceptors (Lipinski definition) is 4. The molecule has 1 aliphatic carbocycles. The van der Waals surface area contributed by atoms with E-state index in [-0.39, 0.29) is 24.4 Å². The number of amides is 2. The number of aromatic nitrogens is 2. The number of carbonyl (C=O) groups excluding carboxylic acids is 2. The van der Waals surface area contributed by atoms with Crippen LogP contribution in [0.25, 0.3) is 11.5 Å². The number of hydrogen-bond donors (Lipinski definition) is 1. The van der Waals surface area contributed by atoms with Crippen molar-refractivity contribution in [2.45, 2.75) is 64.1 Å². The van der Waals surface area contributed by atoms with Crippen LogP contribution in [0.1, 0.15) is 55.1 Å². The fraction of sp³-hybridized carbons (Fsp3) is 0.400. The van der Waals surface area contributed by atoms with Crippen molar-refractivity contribution < 1.29 is 14.0 Å². The topological polar surface area (TPSA) is 80.4 Å². The highest BCUT2D eigenvalue weighted by Crippen LogP contribution is 2.36. The SMILES string of the molecule is Cc1ccc(N2C(=O)c3cc(-c4ccco4)nn3C[C@@]2(C)C(=O)NC2CCCCC2)cc1Cl. The molecular formula is C25H27ClN4O3. The molecule has 5 rings (SSSR count). The molecule has 8 heteroatoms. The van der Waals surface area contributed by atoms with E-state index < -0.39 is 5.54 Å². The van der Waals surface area contributed by atoms with Gasteiger partial charge in [0.25, 0.3) is 5.91 Å². The lowest BCUT2D eigenvalue weighted by atomic mass is 9.91. The first-order valence-corrected chi connectivity index (χ1v) is 11.8. The average Bonchev–Trinajstić information content (AvgIpc) is 3.47. The highest BCUT2D eigenvalue weighted by molar-refractivity contribution is 6.31. The summed E-state index contributed by atoms with van der Waals surface area (Å²) < 4.78 is 7.09. The average molecular weight is 467 g/mol. The second-order valence-electron chi connectivity index (χ2n) is 9.21.